The van der Waals surface area contributed by atoms with E-state index in [1.807, 2.05) is 0 Å². The minimum absolute atomic E-state index is 0.0700. The summed E-state index contributed by atoms with van der Waals surface area (Å²) >= 11 is 0. The molecule has 1 heterocycles. The van der Waals surface area contributed by atoms with Crippen molar-refractivity contribution in [2.24, 2.45) is 0 Å². The maximum atomic E-state index is 13.9. The Morgan fingerprint density at radius 2 is 1.64 bits per heavy atom. The van der Waals surface area contributed by atoms with E-state index in [-0.39, 0.29) is 18.8 Å². The van der Waals surface area contributed by atoms with Gasteiger partial charge in [0, 0.05) is 18.7 Å². The molecule has 1 N–H and O–H groups in total. The number of para-hydroxylation sites is 1. The van der Waals surface area contributed by atoms with E-state index in [4.69, 9.17) is 0 Å². The Bertz CT molecular complexity index is 653. The molecule has 2 aromatic rings. The Hall–Kier alpha value is -2.31. The first-order chi connectivity index (χ1) is 10.5. The van der Waals surface area contributed by atoms with Gasteiger partial charge in [0.2, 0.25) is 11.6 Å². The first kappa shape index (κ1) is 16.1. The smallest absolute Gasteiger partial charge is 0.253 e. The number of phenols is 1. The zero-order valence-electron chi connectivity index (χ0n) is 11.8. The number of rotatable bonds is 5. The van der Waals surface area contributed by atoms with Crippen molar-refractivity contribution in [1.29, 1.82) is 0 Å². The van der Waals surface area contributed by atoms with Crippen LogP contribution in [-0.2, 0) is 6.54 Å². The van der Waals surface area contributed by atoms with Gasteiger partial charge in [-0.05, 0) is 12.5 Å². The summed E-state index contributed by atoms with van der Waals surface area (Å²) in [7, 11) is 0. The van der Waals surface area contributed by atoms with Crippen molar-refractivity contribution in [3.8, 4) is 5.75 Å². The van der Waals surface area contributed by atoms with Gasteiger partial charge >= 0.3 is 0 Å². The van der Waals surface area contributed by atoms with Crippen LogP contribution in [0.4, 0.5) is 23.2 Å². The van der Waals surface area contributed by atoms with Gasteiger partial charge in [0.15, 0.2) is 0 Å². The summed E-state index contributed by atoms with van der Waals surface area (Å²) in [6.45, 7) is 1.80. The second-order valence-corrected chi connectivity index (χ2v) is 4.72. The van der Waals surface area contributed by atoms with E-state index < -0.39 is 29.2 Å². The lowest BCUT2D eigenvalue weighted by atomic mass is 10.1. The second kappa shape index (κ2) is 6.64. The molecule has 0 fully saturated rings. The maximum absolute atomic E-state index is 13.9. The Morgan fingerprint density at radius 3 is 2.18 bits per heavy atom. The van der Waals surface area contributed by atoms with Crippen LogP contribution in [-0.4, -0.2) is 16.6 Å². The molecule has 0 saturated carbocycles. The largest absolute Gasteiger partial charge is 0.508 e. The summed E-state index contributed by atoms with van der Waals surface area (Å²) in [4.78, 5) is 3.67. The molecule has 0 unspecified atom stereocenters. The van der Waals surface area contributed by atoms with Crippen LogP contribution in [0.1, 0.15) is 18.9 Å². The van der Waals surface area contributed by atoms with E-state index in [2.05, 4.69) is 4.98 Å². The highest BCUT2D eigenvalue weighted by molar-refractivity contribution is 5.50. The van der Waals surface area contributed by atoms with E-state index in [1.54, 1.807) is 25.1 Å². The van der Waals surface area contributed by atoms with Crippen LogP contribution in [0.2, 0.25) is 0 Å². The number of hydrogen-bond acceptors (Lipinski definition) is 3. The number of pyridine rings is 1. The molecule has 7 heteroatoms. The topological polar surface area (TPSA) is 36.4 Å². The highest BCUT2D eigenvalue weighted by atomic mass is 19.2. The fourth-order valence-electron chi connectivity index (χ4n) is 2.14. The molecule has 1 aromatic heterocycles. The summed E-state index contributed by atoms with van der Waals surface area (Å²) in [5.74, 6) is -6.58. The van der Waals surface area contributed by atoms with Crippen LogP contribution in [0.5, 0.6) is 5.75 Å². The molecule has 0 bridgehead atoms. The van der Waals surface area contributed by atoms with Gasteiger partial charge in [-0.3, -0.25) is 0 Å². The maximum Gasteiger partial charge on any atom is 0.253 e. The molecule has 0 aliphatic heterocycles. The molecular formula is C15H14F4N2O. The van der Waals surface area contributed by atoms with Crippen LogP contribution < -0.4 is 4.90 Å². The number of phenolic OH excluding ortho intramolecular Hbond substituents is 1. The van der Waals surface area contributed by atoms with Crippen molar-refractivity contribution < 1.29 is 22.7 Å². The number of hydrogen-bond donors (Lipinski definition) is 1. The highest BCUT2D eigenvalue weighted by Crippen LogP contribution is 2.29. The molecule has 2 rings (SSSR count). The van der Waals surface area contributed by atoms with Gasteiger partial charge in [-0.2, -0.15) is 22.5 Å². The molecule has 118 valence electrons. The zero-order chi connectivity index (χ0) is 16.3. The third kappa shape index (κ3) is 3.13. The van der Waals surface area contributed by atoms with E-state index in [0.29, 0.717) is 12.0 Å². The Morgan fingerprint density at radius 1 is 1.05 bits per heavy atom. The molecule has 3 nitrogen and oxygen atoms in total. The molecule has 0 radical (unpaired) electrons. The normalized spacial score (nSPS) is 10.8. The van der Waals surface area contributed by atoms with Crippen molar-refractivity contribution in [3.63, 3.8) is 0 Å². The minimum atomic E-state index is -1.70. The van der Waals surface area contributed by atoms with Crippen molar-refractivity contribution in [2.75, 3.05) is 11.4 Å². The summed E-state index contributed by atoms with van der Waals surface area (Å²) < 4.78 is 54.3. The number of nitrogens with zero attached hydrogens (tertiary/aromatic N) is 2. The lowest BCUT2D eigenvalue weighted by Gasteiger charge is -2.25. The second-order valence-electron chi connectivity index (χ2n) is 4.72. The van der Waals surface area contributed by atoms with E-state index >= 15 is 0 Å². The molecule has 22 heavy (non-hydrogen) atoms. The fraction of sp³-hybridized carbons (Fsp3) is 0.267. The van der Waals surface area contributed by atoms with Crippen LogP contribution in [0.3, 0.4) is 0 Å². The average molecular weight is 314 g/mol. The third-order valence-electron chi connectivity index (χ3n) is 3.14. The standard InChI is InChI=1S/C15H14F4N2O/c1-2-7-21(8-9-5-3-4-6-10(9)22)13-11(16)14(18)20-15(19)12(13)17/h3-6,22H,2,7-8H2,1H3. The Balaban J connectivity index is 2.47. The Labute approximate surface area is 124 Å². The SMILES string of the molecule is CCCN(Cc1ccccc1O)c1c(F)c(F)nc(F)c1F. The monoisotopic (exact) mass is 314 g/mol. The number of anilines is 1. The van der Waals surface area contributed by atoms with Gasteiger partial charge in [-0.15, -0.1) is 0 Å². The zero-order valence-corrected chi connectivity index (χ0v) is 11.8. The highest BCUT2D eigenvalue weighted by Gasteiger charge is 2.25. The van der Waals surface area contributed by atoms with Crippen LogP contribution in [0.15, 0.2) is 24.3 Å². The molecule has 0 atom stereocenters. The summed E-state index contributed by atoms with van der Waals surface area (Å²) in [6.07, 6.45) is 0.484. The number of aromatic nitrogens is 1. The van der Waals surface area contributed by atoms with Gasteiger partial charge in [-0.1, -0.05) is 25.1 Å². The van der Waals surface area contributed by atoms with Gasteiger partial charge in [0.05, 0.1) is 0 Å². The van der Waals surface area contributed by atoms with Crippen molar-refractivity contribution >= 4 is 5.69 Å². The molecule has 1 aromatic carbocycles. The molecule has 0 aliphatic rings. The summed E-state index contributed by atoms with van der Waals surface area (Å²) in [6, 6.07) is 6.21. The Kier molecular flexibility index (Phi) is 4.85. The third-order valence-corrected chi connectivity index (χ3v) is 3.14. The molecule has 0 saturated heterocycles. The van der Waals surface area contributed by atoms with Crippen LogP contribution in [0.25, 0.3) is 0 Å². The summed E-state index contributed by atoms with van der Waals surface area (Å²) in [5.41, 5.74) is -0.442. The predicted octanol–water partition coefficient (Wildman–Crippen LogP) is 3.76. The van der Waals surface area contributed by atoms with Gasteiger partial charge in [0.25, 0.3) is 11.9 Å². The van der Waals surface area contributed by atoms with Crippen molar-refractivity contribution in [2.45, 2.75) is 19.9 Å². The molecular weight excluding hydrogens is 300 g/mol. The van der Waals surface area contributed by atoms with E-state index in [9.17, 15) is 22.7 Å². The first-order valence-corrected chi connectivity index (χ1v) is 6.67. The van der Waals surface area contributed by atoms with Gasteiger partial charge in [0.1, 0.15) is 11.4 Å². The number of halogens is 4. The number of benzene rings is 1. The number of aromatic hydroxyl groups is 1. The van der Waals surface area contributed by atoms with Crippen LogP contribution >= 0.6 is 0 Å². The lowest BCUT2D eigenvalue weighted by Crippen LogP contribution is -2.27. The fourth-order valence-corrected chi connectivity index (χ4v) is 2.14. The van der Waals surface area contributed by atoms with E-state index in [1.165, 1.54) is 6.07 Å². The summed E-state index contributed by atoms with van der Waals surface area (Å²) in [5, 5.41) is 9.75. The molecule has 0 amide bonds. The van der Waals surface area contributed by atoms with Crippen LogP contribution in [0, 0.1) is 23.5 Å². The van der Waals surface area contributed by atoms with E-state index in [0.717, 1.165) is 4.90 Å². The predicted molar refractivity (Wildman–Crippen MR) is 73.5 cm³/mol. The van der Waals surface area contributed by atoms with Crippen molar-refractivity contribution in [3.05, 3.63) is 53.4 Å². The minimum Gasteiger partial charge on any atom is -0.508 e. The average Bonchev–Trinajstić information content (AvgIpc) is 2.48. The quantitative estimate of drug-likeness (QED) is 0.674. The van der Waals surface area contributed by atoms with Gasteiger partial charge < -0.3 is 10.0 Å². The molecule has 0 spiro atoms. The molecule has 0 aliphatic carbocycles. The van der Waals surface area contributed by atoms with Crippen molar-refractivity contribution in [1.82, 2.24) is 4.98 Å². The van der Waals surface area contributed by atoms with Gasteiger partial charge in [-0.25, -0.2) is 0 Å². The lowest BCUT2D eigenvalue weighted by molar-refractivity contribution is 0.404. The first-order valence-electron chi connectivity index (χ1n) is 6.67.